The number of fused-ring (bicyclic) bond motifs is 2. The van der Waals surface area contributed by atoms with Gasteiger partial charge in [-0.05, 0) is 28.0 Å². The van der Waals surface area contributed by atoms with Gasteiger partial charge in [0.15, 0.2) is 11.2 Å². The van der Waals surface area contributed by atoms with E-state index in [2.05, 4.69) is 22.1 Å². The molecule has 9 heteroatoms. The highest BCUT2D eigenvalue weighted by Crippen LogP contribution is 2.20. The largest absolute Gasteiger partial charge is 0.369 e. The summed E-state index contributed by atoms with van der Waals surface area (Å²) in [5.41, 5.74) is 8.17. The van der Waals surface area contributed by atoms with Gasteiger partial charge in [0.2, 0.25) is 5.95 Å². The molecule has 0 aliphatic carbocycles. The molecular formula is C23H18N6O3. The highest BCUT2D eigenvalue weighted by Gasteiger charge is 2.16. The highest BCUT2D eigenvalue weighted by molar-refractivity contribution is 5.83. The number of nitro benzene ring substituents is 1. The normalized spacial score (nSPS) is 11.2. The molecule has 5 aromatic rings. The van der Waals surface area contributed by atoms with Crippen molar-refractivity contribution in [1.29, 1.82) is 0 Å². The number of nitro groups is 1. The van der Waals surface area contributed by atoms with Gasteiger partial charge in [-0.1, -0.05) is 48.5 Å². The van der Waals surface area contributed by atoms with E-state index in [0.29, 0.717) is 17.7 Å². The quantitative estimate of drug-likeness (QED) is 0.340. The summed E-state index contributed by atoms with van der Waals surface area (Å²) in [4.78, 5) is 31.5. The Hall–Kier alpha value is -4.53. The highest BCUT2D eigenvalue weighted by atomic mass is 16.6. The van der Waals surface area contributed by atoms with Crippen LogP contribution in [0.25, 0.3) is 21.9 Å². The van der Waals surface area contributed by atoms with Crippen molar-refractivity contribution in [2.45, 2.75) is 13.1 Å². The van der Waals surface area contributed by atoms with Gasteiger partial charge in [-0.15, -0.1) is 0 Å². The van der Waals surface area contributed by atoms with Crippen LogP contribution in [0.3, 0.4) is 0 Å². The molecule has 0 aliphatic heterocycles. The van der Waals surface area contributed by atoms with Crippen LogP contribution < -0.4 is 11.3 Å². The number of hydrogen-bond donors (Lipinski definition) is 1. The minimum atomic E-state index is -0.453. The van der Waals surface area contributed by atoms with Crippen LogP contribution in [0.1, 0.15) is 11.1 Å². The van der Waals surface area contributed by atoms with Gasteiger partial charge >= 0.3 is 5.56 Å². The molecule has 9 nitrogen and oxygen atoms in total. The molecule has 0 saturated carbocycles. The fourth-order valence-corrected chi connectivity index (χ4v) is 3.83. The van der Waals surface area contributed by atoms with Crippen molar-refractivity contribution in [3.05, 3.63) is 105 Å². The van der Waals surface area contributed by atoms with Gasteiger partial charge in [-0.25, -0.2) is 4.98 Å². The maximum Gasteiger partial charge on any atom is 0.300 e. The van der Waals surface area contributed by atoms with Crippen molar-refractivity contribution < 1.29 is 4.92 Å². The molecule has 5 rings (SSSR count). The molecule has 0 spiro atoms. The van der Waals surface area contributed by atoms with E-state index in [1.54, 1.807) is 27.6 Å². The van der Waals surface area contributed by atoms with Gasteiger partial charge in [0.05, 0.1) is 17.8 Å². The summed E-state index contributed by atoms with van der Waals surface area (Å²) < 4.78 is 3.40. The maximum absolute atomic E-state index is 12.7. The lowest BCUT2D eigenvalue weighted by Gasteiger charge is -2.11. The van der Waals surface area contributed by atoms with Crippen LogP contribution in [0.2, 0.25) is 0 Å². The van der Waals surface area contributed by atoms with E-state index in [4.69, 9.17) is 5.73 Å². The average Bonchev–Trinajstić information content (AvgIpc) is 3.21. The van der Waals surface area contributed by atoms with Crippen LogP contribution in [0.4, 0.5) is 11.6 Å². The second-order valence-corrected chi connectivity index (χ2v) is 7.51. The van der Waals surface area contributed by atoms with Crippen LogP contribution in [-0.4, -0.2) is 24.0 Å². The van der Waals surface area contributed by atoms with Gasteiger partial charge in [-0.2, -0.15) is 4.98 Å². The molecule has 0 unspecified atom stereocenters. The number of rotatable bonds is 5. The first-order valence-electron chi connectivity index (χ1n) is 9.92. The SMILES string of the molecule is Nc1nc(=O)c2c(ncn2Cc2ccc3ccccc3c2)n1Cc1ccc([N+](=O)[O-])cc1. The van der Waals surface area contributed by atoms with Gasteiger partial charge < -0.3 is 10.3 Å². The van der Waals surface area contributed by atoms with Crippen LogP contribution in [0.5, 0.6) is 0 Å². The Labute approximate surface area is 181 Å². The topological polar surface area (TPSA) is 122 Å². The summed E-state index contributed by atoms with van der Waals surface area (Å²) >= 11 is 0. The molecule has 32 heavy (non-hydrogen) atoms. The molecule has 0 atom stereocenters. The van der Waals surface area contributed by atoms with E-state index in [-0.39, 0.29) is 18.2 Å². The molecule has 2 heterocycles. The van der Waals surface area contributed by atoms with Gasteiger partial charge in [0, 0.05) is 18.7 Å². The number of nitrogens with zero attached hydrogens (tertiary/aromatic N) is 5. The first-order valence-corrected chi connectivity index (χ1v) is 9.92. The summed E-state index contributed by atoms with van der Waals surface area (Å²) in [6.07, 6.45) is 1.61. The third-order valence-electron chi connectivity index (χ3n) is 5.42. The van der Waals surface area contributed by atoms with Crippen molar-refractivity contribution in [2.75, 3.05) is 5.73 Å². The van der Waals surface area contributed by atoms with Crippen molar-refractivity contribution >= 4 is 33.6 Å². The van der Waals surface area contributed by atoms with E-state index in [9.17, 15) is 14.9 Å². The van der Waals surface area contributed by atoms with Crippen LogP contribution in [0.15, 0.2) is 77.9 Å². The lowest BCUT2D eigenvalue weighted by Crippen LogP contribution is -2.20. The standard InChI is InChI=1S/C23H18N6O3/c24-23-26-22(30)20-21(28(23)13-15-6-9-19(10-7-15)29(31)32)25-14-27(20)12-16-5-8-17-3-1-2-4-18(17)11-16/h1-11,14H,12-13H2,(H2,24,26,30). The fourth-order valence-electron chi connectivity index (χ4n) is 3.83. The monoisotopic (exact) mass is 426 g/mol. The molecule has 2 aromatic heterocycles. The van der Waals surface area contributed by atoms with E-state index in [0.717, 1.165) is 21.9 Å². The second kappa shape index (κ2) is 7.62. The first kappa shape index (κ1) is 19.4. The van der Waals surface area contributed by atoms with Gasteiger partial charge in [0.25, 0.3) is 5.69 Å². The number of anilines is 1. The number of non-ortho nitro benzene ring substituents is 1. The number of benzene rings is 3. The average molecular weight is 426 g/mol. The molecule has 0 fully saturated rings. The van der Waals surface area contributed by atoms with Crippen molar-refractivity contribution in [3.63, 3.8) is 0 Å². The van der Waals surface area contributed by atoms with E-state index >= 15 is 0 Å². The summed E-state index contributed by atoms with van der Waals surface area (Å²) in [7, 11) is 0. The Bertz CT molecular complexity index is 1540. The van der Waals surface area contributed by atoms with E-state index < -0.39 is 10.5 Å². The fraction of sp³-hybridized carbons (Fsp3) is 0.0870. The Morgan fingerprint density at radius 3 is 2.41 bits per heavy atom. The van der Waals surface area contributed by atoms with Crippen LogP contribution in [0, 0.1) is 10.1 Å². The number of imidazole rings is 1. The summed E-state index contributed by atoms with van der Waals surface area (Å²) in [6.45, 7) is 0.736. The Morgan fingerprint density at radius 1 is 0.938 bits per heavy atom. The molecule has 158 valence electrons. The lowest BCUT2D eigenvalue weighted by molar-refractivity contribution is -0.384. The predicted molar refractivity (Wildman–Crippen MR) is 121 cm³/mol. The number of nitrogen functional groups attached to an aromatic ring is 1. The number of hydrogen-bond acceptors (Lipinski definition) is 6. The zero-order valence-corrected chi connectivity index (χ0v) is 16.9. The molecule has 2 N–H and O–H groups in total. The number of nitrogens with two attached hydrogens (primary N) is 1. The second-order valence-electron chi connectivity index (χ2n) is 7.51. The third-order valence-corrected chi connectivity index (χ3v) is 5.42. The first-order chi connectivity index (χ1) is 15.5. The molecular weight excluding hydrogens is 408 g/mol. The van der Waals surface area contributed by atoms with Crippen LogP contribution in [-0.2, 0) is 13.1 Å². The summed E-state index contributed by atoms with van der Waals surface area (Å²) in [6, 6.07) is 20.4. The minimum absolute atomic E-state index is 0.00422. The maximum atomic E-state index is 12.7. The number of aromatic nitrogens is 4. The molecule has 0 saturated heterocycles. The molecule has 0 bridgehead atoms. The minimum Gasteiger partial charge on any atom is -0.369 e. The van der Waals surface area contributed by atoms with Gasteiger partial charge in [0.1, 0.15) is 0 Å². The van der Waals surface area contributed by atoms with E-state index in [1.807, 2.05) is 30.3 Å². The van der Waals surface area contributed by atoms with E-state index in [1.165, 1.54) is 12.1 Å². The van der Waals surface area contributed by atoms with Crippen LogP contribution >= 0.6 is 0 Å². The third kappa shape index (κ3) is 3.45. The Morgan fingerprint density at radius 2 is 1.66 bits per heavy atom. The van der Waals surface area contributed by atoms with Crippen molar-refractivity contribution in [2.24, 2.45) is 0 Å². The Balaban J connectivity index is 1.53. The van der Waals surface area contributed by atoms with Gasteiger partial charge in [-0.3, -0.25) is 19.5 Å². The van der Waals surface area contributed by atoms with Crippen molar-refractivity contribution in [1.82, 2.24) is 19.1 Å². The molecule has 3 aromatic carbocycles. The molecule has 0 amide bonds. The lowest BCUT2D eigenvalue weighted by atomic mass is 10.1. The summed E-state index contributed by atoms with van der Waals surface area (Å²) in [5, 5.41) is 13.1. The Kier molecular flexibility index (Phi) is 4.63. The molecule has 0 aliphatic rings. The molecule has 0 radical (unpaired) electrons. The predicted octanol–water partition coefficient (Wildman–Crippen LogP) is 3.33. The zero-order valence-electron chi connectivity index (χ0n) is 16.9. The zero-order chi connectivity index (χ0) is 22.2. The summed E-state index contributed by atoms with van der Waals surface area (Å²) in [5.74, 6) is 0.0387. The smallest absolute Gasteiger partial charge is 0.300 e. The van der Waals surface area contributed by atoms with Crippen molar-refractivity contribution in [3.8, 4) is 0 Å².